The fourth-order valence-electron chi connectivity index (χ4n) is 8.42. The number of ether oxygens (including phenoxy) is 3. The molecule has 1 unspecified atom stereocenters. The van der Waals surface area contributed by atoms with Crippen molar-refractivity contribution < 1.29 is 38.8 Å². The van der Waals surface area contributed by atoms with Gasteiger partial charge >= 0.3 is 11.9 Å². The van der Waals surface area contributed by atoms with E-state index in [1.54, 1.807) is 0 Å². The Balaban J connectivity index is 1.70. The molecule has 176 valence electrons. The minimum atomic E-state index is -2.06. The fourth-order valence-corrected chi connectivity index (χ4v) is 8.42. The van der Waals surface area contributed by atoms with Gasteiger partial charge in [-0.25, -0.2) is 0 Å². The number of rotatable bonds is 3. The predicted octanol–water partition coefficient (Wildman–Crippen LogP) is 1.52. The van der Waals surface area contributed by atoms with Gasteiger partial charge in [-0.15, -0.1) is 0 Å². The van der Waals surface area contributed by atoms with Gasteiger partial charge in [0.25, 0.3) is 0 Å². The molecule has 8 heteroatoms. The van der Waals surface area contributed by atoms with Crippen molar-refractivity contribution in [2.75, 3.05) is 13.2 Å². The molecular formula is C24H32O8. The lowest BCUT2D eigenvalue weighted by atomic mass is 9.36. The summed E-state index contributed by atoms with van der Waals surface area (Å²) in [5, 5.41) is 23.6. The normalized spacial score (nSPS) is 51.1. The third-order valence-electron chi connectivity index (χ3n) is 9.52. The molecule has 9 atom stereocenters. The quantitative estimate of drug-likeness (QED) is 0.493. The van der Waals surface area contributed by atoms with Crippen molar-refractivity contribution in [3.63, 3.8) is 0 Å². The van der Waals surface area contributed by atoms with Crippen LogP contribution in [0.15, 0.2) is 12.2 Å². The highest BCUT2D eigenvalue weighted by atomic mass is 16.6. The van der Waals surface area contributed by atoms with Gasteiger partial charge in [-0.2, -0.15) is 0 Å². The van der Waals surface area contributed by atoms with Gasteiger partial charge in [0.05, 0.1) is 18.6 Å². The highest BCUT2D eigenvalue weighted by molar-refractivity contribution is 6.04. The molecule has 0 aromatic heterocycles. The Labute approximate surface area is 187 Å². The summed E-state index contributed by atoms with van der Waals surface area (Å²) in [7, 11) is 0. The summed E-state index contributed by atoms with van der Waals surface area (Å²) in [4.78, 5) is 37.3. The zero-order valence-corrected chi connectivity index (χ0v) is 18.9. The summed E-state index contributed by atoms with van der Waals surface area (Å²) in [5.74, 6) is -4.13. The van der Waals surface area contributed by atoms with Gasteiger partial charge in [-0.3, -0.25) is 14.4 Å². The van der Waals surface area contributed by atoms with Crippen molar-refractivity contribution >= 4 is 17.7 Å². The number of carbonyl (C=O) groups excluding carboxylic acids is 3. The summed E-state index contributed by atoms with van der Waals surface area (Å²) in [6, 6.07) is 0. The van der Waals surface area contributed by atoms with E-state index in [0.29, 0.717) is 31.3 Å². The Hall–Kier alpha value is -1.77. The SMILES string of the molecule is C=C1C(=O)[C@]23CC1CC[C@H]2[C@@]12CO[C@@]3(O)[C@@H](O)[C@@H]1[C@](C)(COC(C)=O)CC[C@@H]2OC(C)=O. The van der Waals surface area contributed by atoms with E-state index in [9.17, 15) is 24.6 Å². The minimum absolute atomic E-state index is 0.0454. The maximum atomic E-state index is 13.6. The van der Waals surface area contributed by atoms with Crippen LogP contribution in [0, 0.1) is 34.0 Å². The molecule has 0 aromatic carbocycles. The van der Waals surface area contributed by atoms with Crippen LogP contribution in [0.5, 0.6) is 0 Å². The van der Waals surface area contributed by atoms with Crippen LogP contribution in [0.3, 0.4) is 0 Å². The minimum Gasteiger partial charge on any atom is -0.465 e. The summed E-state index contributed by atoms with van der Waals surface area (Å²) >= 11 is 0. The molecule has 6 fully saturated rings. The molecule has 0 amide bonds. The monoisotopic (exact) mass is 448 g/mol. The number of hydrogen-bond acceptors (Lipinski definition) is 8. The smallest absolute Gasteiger partial charge is 0.302 e. The van der Waals surface area contributed by atoms with E-state index in [-0.39, 0.29) is 30.8 Å². The zero-order chi connectivity index (χ0) is 23.3. The van der Waals surface area contributed by atoms with Gasteiger partial charge < -0.3 is 24.4 Å². The highest BCUT2D eigenvalue weighted by Crippen LogP contribution is 2.76. The third kappa shape index (κ3) is 2.36. The van der Waals surface area contributed by atoms with Crippen LogP contribution >= 0.6 is 0 Å². The Morgan fingerprint density at radius 1 is 1.22 bits per heavy atom. The van der Waals surface area contributed by atoms with Gasteiger partial charge in [0.15, 0.2) is 5.78 Å². The standard InChI is InChI=1S/C24H32O8/c1-12-15-5-6-16-22-11-31-24(29,23(16,9-15)19(12)27)20(28)18(22)21(4,10-30-13(2)25)8-7-17(22)32-14(3)26/h15-18,20,28-29H,1,5-11H2,2-4H3/t15?,16-,17-,18+,20-,21-,22+,23-,24-/m0/s1. The van der Waals surface area contributed by atoms with E-state index in [1.165, 1.54) is 13.8 Å². The summed E-state index contributed by atoms with van der Waals surface area (Å²) < 4.78 is 17.3. The number of ketones is 1. The molecule has 2 spiro atoms. The summed E-state index contributed by atoms with van der Waals surface area (Å²) in [6.45, 7) is 8.77. The lowest BCUT2D eigenvalue weighted by molar-refractivity contribution is -0.450. The van der Waals surface area contributed by atoms with Crippen LogP contribution in [0.1, 0.15) is 52.9 Å². The van der Waals surface area contributed by atoms with Crippen molar-refractivity contribution in [1.82, 2.24) is 0 Å². The molecular weight excluding hydrogens is 416 g/mol. The number of Topliss-reactive ketones (excluding diaryl/α,β-unsaturated/α-hetero) is 1. The van der Waals surface area contributed by atoms with Crippen molar-refractivity contribution in [3.05, 3.63) is 12.2 Å². The number of aliphatic hydroxyl groups is 2. The van der Waals surface area contributed by atoms with E-state index >= 15 is 0 Å². The number of aliphatic hydroxyl groups excluding tert-OH is 1. The zero-order valence-electron chi connectivity index (χ0n) is 18.9. The molecule has 6 rings (SSSR count). The Morgan fingerprint density at radius 3 is 2.59 bits per heavy atom. The second-order valence-electron chi connectivity index (χ2n) is 10.9. The molecule has 32 heavy (non-hydrogen) atoms. The first-order valence-corrected chi connectivity index (χ1v) is 11.5. The van der Waals surface area contributed by atoms with Crippen molar-refractivity contribution in [3.8, 4) is 0 Å². The van der Waals surface area contributed by atoms with Crippen molar-refractivity contribution in [2.24, 2.45) is 34.0 Å². The highest BCUT2D eigenvalue weighted by Gasteiger charge is 2.85. The van der Waals surface area contributed by atoms with Crippen LogP contribution in [0.4, 0.5) is 0 Å². The summed E-state index contributed by atoms with van der Waals surface area (Å²) in [6.07, 6.45) is 0.825. The molecule has 2 aliphatic heterocycles. The first kappa shape index (κ1) is 22.0. The molecule has 4 aliphatic carbocycles. The average molecular weight is 449 g/mol. The van der Waals surface area contributed by atoms with Gasteiger partial charge in [0.1, 0.15) is 12.2 Å². The van der Waals surface area contributed by atoms with Crippen molar-refractivity contribution in [2.45, 2.75) is 70.9 Å². The Bertz CT molecular complexity index is 914. The number of esters is 2. The van der Waals surface area contributed by atoms with Crippen LogP contribution in [0.2, 0.25) is 0 Å². The van der Waals surface area contributed by atoms with E-state index in [4.69, 9.17) is 14.2 Å². The Morgan fingerprint density at radius 2 is 1.94 bits per heavy atom. The predicted molar refractivity (Wildman–Crippen MR) is 110 cm³/mol. The number of carbonyl (C=O) groups is 3. The molecule has 6 aliphatic rings. The van der Waals surface area contributed by atoms with E-state index < -0.39 is 52.1 Å². The molecule has 4 saturated carbocycles. The van der Waals surface area contributed by atoms with Crippen LogP contribution in [-0.2, 0) is 28.6 Å². The largest absolute Gasteiger partial charge is 0.465 e. The topological polar surface area (TPSA) is 119 Å². The average Bonchev–Trinajstić information content (AvgIpc) is 2.92. The van der Waals surface area contributed by atoms with E-state index in [1.807, 2.05) is 6.92 Å². The van der Waals surface area contributed by atoms with Gasteiger partial charge in [0, 0.05) is 30.6 Å². The maximum absolute atomic E-state index is 13.6. The van der Waals surface area contributed by atoms with Crippen LogP contribution in [-0.4, -0.2) is 59.1 Å². The second kappa shape index (κ2) is 6.64. The molecule has 0 aromatic rings. The van der Waals surface area contributed by atoms with Gasteiger partial charge in [-0.05, 0) is 49.5 Å². The van der Waals surface area contributed by atoms with Crippen molar-refractivity contribution in [1.29, 1.82) is 0 Å². The first-order valence-electron chi connectivity index (χ1n) is 11.5. The third-order valence-corrected chi connectivity index (χ3v) is 9.52. The lowest BCUT2D eigenvalue weighted by Gasteiger charge is -2.74. The van der Waals surface area contributed by atoms with E-state index in [0.717, 1.165) is 6.42 Å². The van der Waals surface area contributed by atoms with Crippen LogP contribution < -0.4 is 0 Å². The second-order valence-corrected chi connectivity index (χ2v) is 10.9. The molecule has 2 N–H and O–H groups in total. The first-order chi connectivity index (χ1) is 14.9. The van der Waals surface area contributed by atoms with Crippen LogP contribution in [0.25, 0.3) is 0 Å². The van der Waals surface area contributed by atoms with Gasteiger partial charge in [0.2, 0.25) is 5.79 Å². The molecule has 4 bridgehead atoms. The van der Waals surface area contributed by atoms with Gasteiger partial charge in [-0.1, -0.05) is 13.5 Å². The molecule has 8 nitrogen and oxygen atoms in total. The summed E-state index contributed by atoms with van der Waals surface area (Å²) in [5.41, 5.74) is -2.39. The molecule has 2 heterocycles. The number of hydrogen-bond donors (Lipinski definition) is 2. The van der Waals surface area contributed by atoms with E-state index in [2.05, 4.69) is 6.58 Å². The number of fused-ring (bicyclic) bond motifs is 2. The Kier molecular flexibility index (Phi) is 4.57. The lowest BCUT2D eigenvalue weighted by Crippen LogP contribution is -2.84. The fraction of sp³-hybridized carbons (Fsp3) is 0.792. The number of allylic oxidation sites excluding steroid dienone is 1. The molecule has 2 saturated heterocycles. The maximum Gasteiger partial charge on any atom is 0.302 e. The molecule has 0 radical (unpaired) electrons.